The summed E-state index contributed by atoms with van der Waals surface area (Å²) in [6.07, 6.45) is -4.53. The van der Waals surface area contributed by atoms with E-state index in [1.807, 2.05) is 0 Å². The van der Waals surface area contributed by atoms with E-state index in [0.717, 1.165) is 6.07 Å². The highest BCUT2D eigenvalue weighted by atomic mass is 127. The molecule has 19 heavy (non-hydrogen) atoms. The number of hydrogen-bond donors (Lipinski definition) is 0. The number of halogens is 6. The second-order valence-electron chi connectivity index (χ2n) is 3.53. The Hall–Kier alpha value is -0.600. The molecule has 1 aromatic heterocycles. The lowest BCUT2D eigenvalue weighted by molar-refractivity contribution is -0.141. The Morgan fingerprint density at radius 2 is 1.74 bits per heavy atom. The number of nitrogens with zero attached hydrogens (tertiary/aromatic N) is 2. The van der Waals surface area contributed by atoms with Crippen molar-refractivity contribution in [2.75, 3.05) is 0 Å². The first-order valence-electron chi connectivity index (χ1n) is 4.84. The molecule has 0 unspecified atom stereocenters. The zero-order valence-corrected chi connectivity index (χ0v) is 12.6. The molecular formula is C11H4Cl2F3IN2. The van der Waals surface area contributed by atoms with Crippen LogP contribution in [-0.2, 0) is 6.18 Å². The molecule has 0 radical (unpaired) electrons. The number of rotatable bonds is 1. The summed E-state index contributed by atoms with van der Waals surface area (Å²) in [5.41, 5.74) is -0.529. The molecule has 2 nitrogen and oxygen atoms in total. The van der Waals surface area contributed by atoms with E-state index in [4.69, 9.17) is 23.2 Å². The maximum Gasteiger partial charge on any atom is 0.433 e. The van der Waals surface area contributed by atoms with E-state index in [1.165, 1.54) is 18.2 Å². The third-order valence-corrected chi connectivity index (χ3v) is 3.23. The van der Waals surface area contributed by atoms with Crippen LogP contribution in [0.1, 0.15) is 5.69 Å². The minimum atomic E-state index is -4.53. The van der Waals surface area contributed by atoms with Crippen LogP contribution in [0.3, 0.4) is 0 Å². The molecule has 0 fully saturated rings. The molecule has 0 atom stereocenters. The van der Waals surface area contributed by atoms with Gasteiger partial charge in [0.15, 0.2) is 3.83 Å². The van der Waals surface area contributed by atoms with Gasteiger partial charge in [0.1, 0.15) is 5.69 Å². The Morgan fingerprint density at radius 1 is 1.05 bits per heavy atom. The van der Waals surface area contributed by atoms with Crippen LogP contribution in [0.15, 0.2) is 24.3 Å². The van der Waals surface area contributed by atoms with Gasteiger partial charge in [-0.2, -0.15) is 13.2 Å². The highest BCUT2D eigenvalue weighted by molar-refractivity contribution is 14.1. The van der Waals surface area contributed by atoms with E-state index in [9.17, 15) is 13.2 Å². The fraction of sp³-hybridized carbons (Fsp3) is 0.0909. The summed E-state index contributed by atoms with van der Waals surface area (Å²) in [5, 5.41) is 0.628. The van der Waals surface area contributed by atoms with E-state index in [-0.39, 0.29) is 14.5 Å². The minimum absolute atomic E-state index is 0.00607. The third kappa shape index (κ3) is 3.49. The number of aromatic nitrogens is 2. The molecule has 100 valence electrons. The van der Waals surface area contributed by atoms with Gasteiger partial charge in [0.2, 0.25) is 0 Å². The largest absolute Gasteiger partial charge is 0.433 e. The highest BCUT2D eigenvalue weighted by Gasteiger charge is 2.33. The Balaban J connectivity index is 2.59. The first-order chi connectivity index (χ1) is 8.77. The molecule has 8 heteroatoms. The van der Waals surface area contributed by atoms with Gasteiger partial charge in [0, 0.05) is 33.2 Å². The van der Waals surface area contributed by atoms with Gasteiger partial charge in [0.05, 0.1) is 10.7 Å². The molecule has 0 aliphatic carbocycles. The van der Waals surface area contributed by atoms with Crippen molar-refractivity contribution >= 4 is 45.8 Å². The van der Waals surface area contributed by atoms with Crippen LogP contribution in [0.5, 0.6) is 0 Å². The Morgan fingerprint density at radius 3 is 2.32 bits per heavy atom. The van der Waals surface area contributed by atoms with E-state index in [2.05, 4.69) is 9.97 Å². The van der Waals surface area contributed by atoms with Crippen molar-refractivity contribution in [3.8, 4) is 11.3 Å². The zero-order valence-electron chi connectivity index (χ0n) is 8.97. The fourth-order valence-electron chi connectivity index (χ4n) is 1.40. The number of benzene rings is 1. The van der Waals surface area contributed by atoms with E-state index < -0.39 is 11.9 Å². The molecule has 0 N–H and O–H groups in total. The van der Waals surface area contributed by atoms with Crippen molar-refractivity contribution in [2.24, 2.45) is 0 Å². The van der Waals surface area contributed by atoms with Crippen LogP contribution in [0.2, 0.25) is 10.0 Å². The molecule has 0 saturated carbocycles. The number of hydrogen-bond acceptors (Lipinski definition) is 2. The summed E-state index contributed by atoms with van der Waals surface area (Å²) in [5.74, 6) is 0. The van der Waals surface area contributed by atoms with Gasteiger partial charge in [-0.3, -0.25) is 0 Å². The standard InChI is InChI=1S/C11H4Cl2F3IN2/c12-5-1-2-6(7(13)3-5)8-4-9(11(14,15)16)19-10(17)18-8/h1-4H. The zero-order chi connectivity index (χ0) is 14.2. The Kier molecular flexibility index (Phi) is 4.22. The molecule has 0 aliphatic heterocycles. The fourth-order valence-corrected chi connectivity index (χ4v) is 2.42. The van der Waals surface area contributed by atoms with Crippen LogP contribution >= 0.6 is 45.8 Å². The molecule has 0 aliphatic rings. The summed E-state index contributed by atoms with van der Waals surface area (Å²) in [4.78, 5) is 7.32. The van der Waals surface area contributed by atoms with Gasteiger partial charge < -0.3 is 0 Å². The van der Waals surface area contributed by atoms with Gasteiger partial charge in [-0.1, -0.05) is 23.2 Å². The second kappa shape index (κ2) is 5.41. The van der Waals surface area contributed by atoms with Gasteiger partial charge in [-0.25, -0.2) is 9.97 Å². The summed E-state index contributed by atoms with van der Waals surface area (Å²) in [6, 6.07) is 5.35. The van der Waals surface area contributed by atoms with Crippen molar-refractivity contribution in [1.29, 1.82) is 0 Å². The smallest absolute Gasteiger partial charge is 0.223 e. The van der Waals surface area contributed by atoms with E-state index >= 15 is 0 Å². The molecule has 0 spiro atoms. The van der Waals surface area contributed by atoms with Crippen molar-refractivity contribution in [2.45, 2.75) is 6.18 Å². The van der Waals surface area contributed by atoms with Crippen LogP contribution in [0.4, 0.5) is 13.2 Å². The predicted molar refractivity (Wildman–Crippen MR) is 75.2 cm³/mol. The average molecular weight is 419 g/mol. The van der Waals surface area contributed by atoms with Crippen molar-refractivity contribution in [3.05, 3.63) is 43.8 Å². The van der Waals surface area contributed by atoms with E-state index in [0.29, 0.717) is 10.6 Å². The van der Waals surface area contributed by atoms with Crippen molar-refractivity contribution < 1.29 is 13.2 Å². The van der Waals surface area contributed by atoms with Gasteiger partial charge in [0.25, 0.3) is 0 Å². The first-order valence-corrected chi connectivity index (χ1v) is 6.68. The maximum absolute atomic E-state index is 12.7. The van der Waals surface area contributed by atoms with Crippen molar-refractivity contribution in [3.63, 3.8) is 0 Å². The summed E-state index contributed by atoms with van der Waals surface area (Å²) in [6.45, 7) is 0. The summed E-state index contributed by atoms with van der Waals surface area (Å²) in [7, 11) is 0. The normalized spacial score (nSPS) is 11.7. The molecule has 1 heterocycles. The lowest BCUT2D eigenvalue weighted by Crippen LogP contribution is -2.10. The van der Waals surface area contributed by atoms with Gasteiger partial charge >= 0.3 is 6.18 Å². The highest BCUT2D eigenvalue weighted by Crippen LogP contribution is 2.33. The lowest BCUT2D eigenvalue weighted by atomic mass is 10.1. The predicted octanol–water partition coefficient (Wildman–Crippen LogP) is 5.07. The Labute approximate surface area is 130 Å². The second-order valence-corrected chi connectivity index (χ2v) is 5.34. The molecule has 2 rings (SSSR count). The average Bonchev–Trinajstić information content (AvgIpc) is 2.26. The van der Waals surface area contributed by atoms with Crippen LogP contribution in [0, 0.1) is 3.83 Å². The number of alkyl halides is 3. The first kappa shape index (κ1) is 14.8. The summed E-state index contributed by atoms with van der Waals surface area (Å²) >= 11 is 13.3. The quantitative estimate of drug-likeness (QED) is 0.477. The van der Waals surface area contributed by atoms with Crippen molar-refractivity contribution in [1.82, 2.24) is 9.97 Å². The van der Waals surface area contributed by atoms with Crippen LogP contribution < -0.4 is 0 Å². The third-order valence-electron chi connectivity index (χ3n) is 2.20. The topological polar surface area (TPSA) is 25.8 Å². The monoisotopic (exact) mass is 418 g/mol. The molecule has 0 bridgehead atoms. The minimum Gasteiger partial charge on any atom is -0.223 e. The van der Waals surface area contributed by atoms with Crippen LogP contribution in [-0.4, -0.2) is 9.97 Å². The molecule has 2 aromatic rings. The van der Waals surface area contributed by atoms with E-state index in [1.54, 1.807) is 22.6 Å². The molecular weight excluding hydrogens is 415 g/mol. The van der Waals surface area contributed by atoms with Gasteiger partial charge in [-0.05, 0) is 24.3 Å². The lowest BCUT2D eigenvalue weighted by Gasteiger charge is -2.09. The molecule has 0 amide bonds. The Bertz CT molecular complexity index is 632. The molecule has 1 aromatic carbocycles. The maximum atomic E-state index is 12.7. The SMILES string of the molecule is FC(F)(F)c1cc(-c2ccc(Cl)cc2Cl)nc(I)n1. The summed E-state index contributed by atoms with van der Waals surface area (Å²) < 4.78 is 38.0. The van der Waals surface area contributed by atoms with Gasteiger partial charge in [-0.15, -0.1) is 0 Å². The molecule has 0 saturated heterocycles. The van der Waals surface area contributed by atoms with Crippen LogP contribution in [0.25, 0.3) is 11.3 Å².